The minimum absolute atomic E-state index is 0.891. The number of aryl methyl sites for hydroxylation is 6. The molecular formula is C62H52N2O2. The quantitative estimate of drug-likeness (QED) is 0.143. The molecule has 0 N–H and O–H groups in total. The molecular weight excluding hydrogens is 805 g/mol. The predicted octanol–water partition coefficient (Wildman–Crippen LogP) is 18.3. The van der Waals surface area contributed by atoms with Crippen molar-refractivity contribution in [3.63, 3.8) is 0 Å². The van der Waals surface area contributed by atoms with E-state index in [1.165, 1.54) is 76.8 Å². The third kappa shape index (κ3) is 5.83. The van der Waals surface area contributed by atoms with Gasteiger partial charge in [0.25, 0.3) is 0 Å². The summed E-state index contributed by atoms with van der Waals surface area (Å²) in [5.74, 6) is 0. The summed E-state index contributed by atoms with van der Waals surface area (Å²) in [7, 11) is 0. The maximum Gasteiger partial charge on any atom is 0.159 e. The van der Waals surface area contributed by atoms with Crippen LogP contribution in [0.5, 0.6) is 0 Å². The molecule has 0 radical (unpaired) electrons. The van der Waals surface area contributed by atoms with Gasteiger partial charge in [-0.1, -0.05) is 111 Å². The molecule has 0 amide bonds. The Balaban J connectivity index is 1.15. The van der Waals surface area contributed by atoms with Gasteiger partial charge in [0.05, 0.1) is 22.7 Å². The van der Waals surface area contributed by atoms with Crippen LogP contribution in [0.3, 0.4) is 0 Å². The average molecular weight is 857 g/mol. The van der Waals surface area contributed by atoms with E-state index in [2.05, 4.69) is 211 Å². The SMILES string of the molecule is CCc1cccc2c1oc1c(N(c3cc(C)c(C)c(C)c3)c3ccc4ccc5c(N(c6cc(C)c(C)c(C)c6)c6cccc7c6oc6c(CC)cccc67)ccc6ccc3c4c65)cccc12. The van der Waals surface area contributed by atoms with Crippen molar-refractivity contribution in [2.75, 3.05) is 9.80 Å². The highest BCUT2D eigenvalue weighted by Crippen LogP contribution is 2.51. The fourth-order valence-electron chi connectivity index (χ4n) is 10.9. The van der Waals surface area contributed by atoms with Gasteiger partial charge >= 0.3 is 0 Å². The van der Waals surface area contributed by atoms with Crippen LogP contribution in [0.25, 0.3) is 76.2 Å². The van der Waals surface area contributed by atoms with Crippen molar-refractivity contribution in [3.05, 3.63) is 190 Å². The van der Waals surface area contributed by atoms with Crippen LogP contribution in [0, 0.1) is 41.5 Å². The molecule has 12 rings (SSSR count). The molecule has 2 aromatic heterocycles. The van der Waals surface area contributed by atoms with Crippen LogP contribution >= 0.6 is 0 Å². The van der Waals surface area contributed by atoms with E-state index in [-0.39, 0.29) is 0 Å². The van der Waals surface area contributed by atoms with Crippen LogP contribution in [0.1, 0.15) is 58.4 Å². The number of hydrogen-bond donors (Lipinski definition) is 0. The zero-order valence-corrected chi connectivity index (χ0v) is 39.0. The van der Waals surface area contributed by atoms with E-state index in [4.69, 9.17) is 8.83 Å². The lowest BCUT2D eigenvalue weighted by molar-refractivity contribution is 0.663. The highest BCUT2D eigenvalue weighted by Gasteiger charge is 2.27. The molecule has 2 heterocycles. The second kappa shape index (κ2) is 15.0. The molecule has 0 unspecified atom stereocenters. The minimum Gasteiger partial charge on any atom is -0.454 e. The zero-order valence-electron chi connectivity index (χ0n) is 39.0. The predicted molar refractivity (Wildman–Crippen MR) is 281 cm³/mol. The van der Waals surface area contributed by atoms with Gasteiger partial charge in [-0.05, 0) is 169 Å². The number of hydrogen-bond acceptors (Lipinski definition) is 4. The highest BCUT2D eigenvalue weighted by molar-refractivity contribution is 6.29. The summed E-state index contributed by atoms with van der Waals surface area (Å²) in [5.41, 5.74) is 20.3. The molecule has 0 saturated carbocycles. The van der Waals surface area contributed by atoms with Crippen LogP contribution in [0.4, 0.5) is 34.1 Å². The molecule has 0 saturated heterocycles. The van der Waals surface area contributed by atoms with E-state index >= 15 is 0 Å². The smallest absolute Gasteiger partial charge is 0.159 e. The second-order valence-corrected chi connectivity index (χ2v) is 18.5. The Hall–Kier alpha value is -7.56. The van der Waals surface area contributed by atoms with Gasteiger partial charge in [0.2, 0.25) is 0 Å². The Morgan fingerprint density at radius 3 is 1.08 bits per heavy atom. The summed E-state index contributed by atoms with van der Waals surface area (Å²) in [6.07, 6.45) is 1.80. The van der Waals surface area contributed by atoms with Crippen molar-refractivity contribution in [1.82, 2.24) is 0 Å². The molecule has 10 aromatic carbocycles. The molecule has 0 aliphatic carbocycles. The number of furan rings is 2. The lowest BCUT2D eigenvalue weighted by Gasteiger charge is -2.30. The first-order valence-corrected chi connectivity index (χ1v) is 23.5. The molecule has 0 bridgehead atoms. The summed E-state index contributed by atoms with van der Waals surface area (Å²) >= 11 is 0. The standard InChI is InChI=1S/C62H52N2O2/c1-9-41-15-11-17-47-49-19-13-21-55(61(49)65-59(41)47)63(45-31-35(3)39(7)36(4)32-45)53-29-25-43-24-28-52-54(30-26-44-23-27-51(53)57(43)58(44)52)64(46-33-37(5)40(8)38(6)34-46)56-22-14-20-50-48-18-12-16-42(10-2)60(48)66-62(50)56/h11-34H,9-10H2,1-8H3. The summed E-state index contributed by atoms with van der Waals surface area (Å²) < 4.78 is 14.0. The van der Waals surface area contributed by atoms with Gasteiger partial charge < -0.3 is 18.6 Å². The van der Waals surface area contributed by atoms with E-state index in [0.717, 1.165) is 90.8 Å². The molecule has 0 aliphatic heterocycles. The number of fused-ring (bicyclic) bond motifs is 6. The first kappa shape index (κ1) is 40.0. The number of benzene rings is 10. The third-order valence-electron chi connectivity index (χ3n) is 14.9. The van der Waals surface area contributed by atoms with Crippen molar-refractivity contribution >= 4 is 110 Å². The molecule has 322 valence electrons. The summed E-state index contributed by atoms with van der Waals surface area (Å²) in [6.45, 7) is 17.7. The van der Waals surface area contributed by atoms with E-state index < -0.39 is 0 Å². The minimum atomic E-state index is 0.891. The number of rotatable bonds is 8. The van der Waals surface area contributed by atoms with Gasteiger partial charge in [-0.2, -0.15) is 0 Å². The van der Waals surface area contributed by atoms with E-state index in [0.29, 0.717) is 0 Å². The molecule has 4 nitrogen and oxygen atoms in total. The molecule has 0 fully saturated rings. The third-order valence-corrected chi connectivity index (χ3v) is 14.9. The summed E-state index contributed by atoms with van der Waals surface area (Å²) in [5, 5.41) is 11.8. The van der Waals surface area contributed by atoms with Crippen LogP contribution < -0.4 is 9.80 Å². The fourth-order valence-corrected chi connectivity index (χ4v) is 10.9. The van der Waals surface area contributed by atoms with Crippen molar-refractivity contribution < 1.29 is 8.83 Å². The molecule has 0 atom stereocenters. The molecule has 0 spiro atoms. The van der Waals surface area contributed by atoms with E-state index in [1.54, 1.807) is 0 Å². The van der Waals surface area contributed by atoms with Gasteiger partial charge in [0.15, 0.2) is 11.2 Å². The van der Waals surface area contributed by atoms with Crippen molar-refractivity contribution in [2.24, 2.45) is 0 Å². The second-order valence-electron chi connectivity index (χ2n) is 18.5. The summed E-state index contributed by atoms with van der Waals surface area (Å²) in [6, 6.07) is 54.2. The van der Waals surface area contributed by atoms with Gasteiger partial charge in [0, 0.05) is 43.7 Å². The van der Waals surface area contributed by atoms with Gasteiger partial charge in [-0.25, -0.2) is 0 Å². The van der Waals surface area contributed by atoms with Crippen LogP contribution in [-0.2, 0) is 12.8 Å². The first-order valence-electron chi connectivity index (χ1n) is 23.5. The lowest BCUT2D eigenvalue weighted by atomic mass is 9.91. The highest BCUT2D eigenvalue weighted by atomic mass is 16.3. The molecule has 66 heavy (non-hydrogen) atoms. The van der Waals surface area contributed by atoms with E-state index in [1.807, 2.05) is 0 Å². The average Bonchev–Trinajstić information content (AvgIpc) is 3.92. The van der Waals surface area contributed by atoms with E-state index in [9.17, 15) is 0 Å². The molecule has 12 aromatic rings. The number of anilines is 6. The largest absolute Gasteiger partial charge is 0.454 e. The molecule has 4 heteroatoms. The maximum atomic E-state index is 7.00. The summed E-state index contributed by atoms with van der Waals surface area (Å²) in [4.78, 5) is 4.89. The van der Waals surface area contributed by atoms with Gasteiger partial charge in [-0.15, -0.1) is 0 Å². The van der Waals surface area contributed by atoms with Crippen LogP contribution in [0.2, 0.25) is 0 Å². The zero-order chi connectivity index (χ0) is 45.1. The van der Waals surface area contributed by atoms with Crippen molar-refractivity contribution in [2.45, 2.75) is 68.2 Å². The number of nitrogens with zero attached hydrogens (tertiary/aromatic N) is 2. The van der Waals surface area contributed by atoms with Crippen molar-refractivity contribution in [1.29, 1.82) is 0 Å². The molecule has 0 aliphatic rings. The Morgan fingerprint density at radius 1 is 0.348 bits per heavy atom. The van der Waals surface area contributed by atoms with Crippen LogP contribution in [0.15, 0.2) is 154 Å². The first-order chi connectivity index (χ1) is 32.1. The Bertz CT molecular complexity index is 3640. The lowest BCUT2D eigenvalue weighted by Crippen LogP contribution is -2.13. The normalized spacial score (nSPS) is 12.1. The fraction of sp³-hybridized carbons (Fsp3) is 0.161. The number of para-hydroxylation sites is 4. The van der Waals surface area contributed by atoms with Gasteiger partial charge in [0.1, 0.15) is 11.2 Å². The van der Waals surface area contributed by atoms with Crippen molar-refractivity contribution in [3.8, 4) is 0 Å². The topological polar surface area (TPSA) is 32.8 Å². The Kier molecular flexibility index (Phi) is 9.09. The van der Waals surface area contributed by atoms with Crippen LogP contribution in [-0.4, -0.2) is 0 Å². The Morgan fingerprint density at radius 2 is 0.697 bits per heavy atom. The van der Waals surface area contributed by atoms with Gasteiger partial charge in [-0.3, -0.25) is 0 Å². The Labute approximate surface area is 385 Å². The monoisotopic (exact) mass is 856 g/mol. The maximum absolute atomic E-state index is 7.00.